The van der Waals surface area contributed by atoms with Crippen LogP contribution < -0.4 is 4.90 Å². The van der Waals surface area contributed by atoms with Crippen molar-refractivity contribution in [2.24, 2.45) is 0 Å². The summed E-state index contributed by atoms with van der Waals surface area (Å²) in [5.74, 6) is 0.0202. The number of anilines is 2. The first-order valence-corrected chi connectivity index (χ1v) is 6.85. The number of rotatable bonds is 3. The minimum absolute atomic E-state index is 0.0202. The molecule has 0 aliphatic rings. The van der Waals surface area contributed by atoms with Gasteiger partial charge < -0.3 is 0 Å². The second-order valence-corrected chi connectivity index (χ2v) is 4.60. The molecule has 18 heavy (non-hydrogen) atoms. The van der Waals surface area contributed by atoms with Crippen molar-refractivity contribution in [2.75, 3.05) is 10.2 Å². The van der Waals surface area contributed by atoms with Crippen LogP contribution in [0.4, 0.5) is 11.4 Å². The number of halogens is 1. The van der Waals surface area contributed by atoms with E-state index in [2.05, 4.69) is 15.9 Å². The standard InChI is InChI=1S/C15H14BrNO/c1-12-6-5-9-14(10-12)17(15(18)11-16)13-7-3-2-4-8-13/h2-10H,11H2,1H3. The zero-order valence-corrected chi connectivity index (χ0v) is 11.7. The molecule has 0 aliphatic carbocycles. The fourth-order valence-corrected chi connectivity index (χ4v) is 2.09. The van der Waals surface area contributed by atoms with E-state index in [0.717, 1.165) is 16.9 Å². The molecule has 0 fully saturated rings. The number of carbonyl (C=O) groups is 1. The average Bonchev–Trinajstić information content (AvgIpc) is 2.40. The molecule has 0 aliphatic heterocycles. The van der Waals surface area contributed by atoms with Crippen LogP contribution in [-0.4, -0.2) is 11.2 Å². The molecule has 0 aromatic heterocycles. The van der Waals surface area contributed by atoms with Gasteiger partial charge in [0.05, 0.1) is 5.33 Å². The van der Waals surface area contributed by atoms with Crippen molar-refractivity contribution in [3.05, 3.63) is 60.2 Å². The molecule has 1 amide bonds. The summed E-state index contributed by atoms with van der Waals surface area (Å²) >= 11 is 3.24. The van der Waals surface area contributed by atoms with Crippen LogP contribution >= 0.6 is 15.9 Å². The second kappa shape index (κ2) is 5.83. The minimum atomic E-state index is 0.0202. The minimum Gasteiger partial charge on any atom is -0.280 e. The largest absolute Gasteiger partial charge is 0.280 e. The maximum absolute atomic E-state index is 12.1. The van der Waals surface area contributed by atoms with Crippen LogP contribution in [0.3, 0.4) is 0 Å². The highest BCUT2D eigenvalue weighted by molar-refractivity contribution is 9.09. The Hall–Kier alpha value is -1.61. The monoisotopic (exact) mass is 303 g/mol. The van der Waals surface area contributed by atoms with Crippen LogP contribution in [0.15, 0.2) is 54.6 Å². The lowest BCUT2D eigenvalue weighted by Crippen LogP contribution is -2.26. The van der Waals surface area contributed by atoms with Crippen molar-refractivity contribution in [1.82, 2.24) is 0 Å². The highest BCUT2D eigenvalue weighted by Crippen LogP contribution is 2.26. The predicted octanol–water partition coefficient (Wildman–Crippen LogP) is 4.05. The van der Waals surface area contributed by atoms with Gasteiger partial charge in [0.2, 0.25) is 5.91 Å². The van der Waals surface area contributed by atoms with Crippen molar-refractivity contribution in [2.45, 2.75) is 6.92 Å². The van der Waals surface area contributed by atoms with E-state index in [-0.39, 0.29) is 5.91 Å². The lowest BCUT2D eigenvalue weighted by Gasteiger charge is -2.22. The van der Waals surface area contributed by atoms with Crippen molar-refractivity contribution in [1.29, 1.82) is 0 Å². The molecule has 2 rings (SSSR count). The third kappa shape index (κ3) is 2.79. The molecule has 2 nitrogen and oxygen atoms in total. The van der Waals surface area contributed by atoms with Gasteiger partial charge in [0.15, 0.2) is 0 Å². The van der Waals surface area contributed by atoms with Crippen molar-refractivity contribution >= 4 is 33.2 Å². The number of hydrogen-bond donors (Lipinski definition) is 0. The number of carbonyl (C=O) groups excluding carboxylic acids is 1. The Morgan fingerprint density at radius 1 is 1.06 bits per heavy atom. The topological polar surface area (TPSA) is 20.3 Å². The lowest BCUT2D eigenvalue weighted by atomic mass is 10.2. The third-order valence-corrected chi connectivity index (χ3v) is 3.12. The Kier molecular flexibility index (Phi) is 4.15. The number of para-hydroxylation sites is 1. The molecule has 0 atom stereocenters. The van der Waals surface area contributed by atoms with Gasteiger partial charge in [0, 0.05) is 11.4 Å². The fraction of sp³-hybridized carbons (Fsp3) is 0.133. The summed E-state index contributed by atoms with van der Waals surface area (Å²) in [6, 6.07) is 17.6. The maximum atomic E-state index is 12.1. The molecule has 0 bridgehead atoms. The number of benzene rings is 2. The molecule has 0 radical (unpaired) electrons. The normalized spacial score (nSPS) is 10.1. The molecule has 0 saturated heterocycles. The highest BCUT2D eigenvalue weighted by atomic mass is 79.9. The average molecular weight is 304 g/mol. The summed E-state index contributed by atoms with van der Waals surface area (Å²) in [5.41, 5.74) is 2.91. The van der Waals surface area contributed by atoms with Crippen molar-refractivity contribution < 1.29 is 4.79 Å². The van der Waals surface area contributed by atoms with Crippen LogP contribution in [0.25, 0.3) is 0 Å². The number of alkyl halides is 1. The molecule has 0 heterocycles. The molecule has 0 saturated carbocycles. The molecular weight excluding hydrogens is 290 g/mol. The van der Waals surface area contributed by atoms with Gasteiger partial charge in [0.1, 0.15) is 0 Å². The number of hydrogen-bond acceptors (Lipinski definition) is 1. The molecule has 0 spiro atoms. The second-order valence-electron chi connectivity index (χ2n) is 4.04. The van der Waals surface area contributed by atoms with Gasteiger partial charge >= 0.3 is 0 Å². The number of aryl methyl sites for hydroxylation is 1. The SMILES string of the molecule is Cc1cccc(N(C(=O)CBr)c2ccccc2)c1. The molecule has 3 heteroatoms. The van der Waals surface area contributed by atoms with Gasteiger partial charge in [-0.15, -0.1) is 0 Å². The van der Waals surface area contributed by atoms with E-state index >= 15 is 0 Å². The van der Waals surface area contributed by atoms with E-state index < -0.39 is 0 Å². The first-order chi connectivity index (χ1) is 8.72. The summed E-state index contributed by atoms with van der Waals surface area (Å²) in [6.45, 7) is 2.02. The summed E-state index contributed by atoms with van der Waals surface area (Å²) in [6.07, 6.45) is 0. The highest BCUT2D eigenvalue weighted by Gasteiger charge is 2.16. The van der Waals surface area contributed by atoms with E-state index in [0.29, 0.717) is 5.33 Å². The van der Waals surface area contributed by atoms with Gasteiger partial charge in [-0.25, -0.2) is 0 Å². The van der Waals surface area contributed by atoms with E-state index in [1.807, 2.05) is 61.5 Å². The lowest BCUT2D eigenvalue weighted by molar-refractivity contribution is -0.115. The van der Waals surface area contributed by atoms with Crippen LogP contribution in [0.5, 0.6) is 0 Å². The number of amides is 1. The Balaban J connectivity index is 2.47. The zero-order valence-electron chi connectivity index (χ0n) is 10.1. The molecule has 92 valence electrons. The third-order valence-electron chi connectivity index (χ3n) is 2.64. The summed E-state index contributed by atoms with van der Waals surface area (Å²) in [7, 11) is 0. The Labute approximate surface area is 115 Å². The predicted molar refractivity (Wildman–Crippen MR) is 78.6 cm³/mol. The molecule has 2 aromatic rings. The Bertz CT molecular complexity index is 539. The van der Waals surface area contributed by atoms with Gasteiger partial charge in [0.25, 0.3) is 0 Å². The first kappa shape index (κ1) is 12.8. The first-order valence-electron chi connectivity index (χ1n) is 5.73. The molecular formula is C15H14BrNO. The molecule has 0 unspecified atom stereocenters. The van der Waals surface area contributed by atoms with Gasteiger partial charge in [-0.1, -0.05) is 46.3 Å². The van der Waals surface area contributed by atoms with Crippen LogP contribution in [0.2, 0.25) is 0 Å². The Morgan fingerprint density at radius 2 is 1.72 bits per heavy atom. The van der Waals surface area contributed by atoms with Crippen molar-refractivity contribution in [3.63, 3.8) is 0 Å². The summed E-state index contributed by atoms with van der Waals surface area (Å²) in [4.78, 5) is 13.8. The summed E-state index contributed by atoms with van der Waals surface area (Å²) < 4.78 is 0. The quantitative estimate of drug-likeness (QED) is 0.783. The van der Waals surface area contributed by atoms with E-state index in [4.69, 9.17) is 0 Å². The molecule has 2 aromatic carbocycles. The van der Waals surface area contributed by atoms with E-state index in [1.165, 1.54) is 0 Å². The molecule has 0 N–H and O–H groups in total. The Morgan fingerprint density at radius 3 is 2.33 bits per heavy atom. The van der Waals surface area contributed by atoms with Crippen LogP contribution in [-0.2, 0) is 4.79 Å². The van der Waals surface area contributed by atoms with Crippen molar-refractivity contribution in [3.8, 4) is 0 Å². The fourth-order valence-electron chi connectivity index (χ4n) is 1.84. The summed E-state index contributed by atoms with van der Waals surface area (Å²) in [5, 5.41) is 0.301. The maximum Gasteiger partial charge on any atom is 0.242 e. The number of nitrogens with zero attached hydrogens (tertiary/aromatic N) is 1. The van der Waals surface area contributed by atoms with Crippen LogP contribution in [0.1, 0.15) is 5.56 Å². The smallest absolute Gasteiger partial charge is 0.242 e. The van der Waals surface area contributed by atoms with E-state index in [1.54, 1.807) is 4.90 Å². The van der Waals surface area contributed by atoms with Gasteiger partial charge in [-0.3, -0.25) is 9.69 Å². The van der Waals surface area contributed by atoms with E-state index in [9.17, 15) is 4.79 Å². The zero-order chi connectivity index (χ0) is 13.0. The van der Waals surface area contributed by atoms with Gasteiger partial charge in [-0.2, -0.15) is 0 Å². The van der Waals surface area contributed by atoms with Gasteiger partial charge in [-0.05, 0) is 36.8 Å². The van der Waals surface area contributed by atoms with Crippen LogP contribution in [0, 0.1) is 6.92 Å².